The minimum atomic E-state index is -0.873. The van der Waals surface area contributed by atoms with Crippen molar-refractivity contribution < 1.29 is 19.4 Å². The largest absolute Gasteiger partial charge is 0.486 e. The Balaban J connectivity index is 1.37. The first-order chi connectivity index (χ1) is 13.1. The van der Waals surface area contributed by atoms with E-state index in [2.05, 4.69) is 9.80 Å². The fourth-order valence-electron chi connectivity index (χ4n) is 3.85. The number of para-hydroxylation sites is 3. The number of hydrogen-bond donors (Lipinski definition) is 1. The maximum atomic E-state index is 11.6. The molecule has 0 amide bonds. The van der Waals surface area contributed by atoms with Crippen LogP contribution in [-0.4, -0.2) is 61.4 Å². The first kappa shape index (κ1) is 17.7. The van der Waals surface area contributed by atoms with Gasteiger partial charge in [-0.3, -0.25) is 4.90 Å². The van der Waals surface area contributed by atoms with E-state index in [-0.39, 0.29) is 6.10 Å². The number of hydrogen-bond acceptors (Lipinski definition) is 5. The van der Waals surface area contributed by atoms with E-state index in [0.29, 0.717) is 12.2 Å². The van der Waals surface area contributed by atoms with E-state index in [4.69, 9.17) is 9.47 Å². The third kappa shape index (κ3) is 3.71. The van der Waals surface area contributed by atoms with Crippen molar-refractivity contribution in [1.29, 1.82) is 0 Å². The molecule has 4 rings (SSSR count). The number of carboxylic acids is 1. The summed E-state index contributed by atoms with van der Waals surface area (Å²) in [5, 5.41) is 9.50. The molecule has 1 unspecified atom stereocenters. The van der Waals surface area contributed by atoms with E-state index in [9.17, 15) is 9.90 Å². The maximum absolute atomic E-state index is 11.6. The van der Waals surface area contributed by atoms with Gasteiger partial charge in [0, 0.05) is 32.7 Å². The lowest BCUT2D eigenvalue weighted by atomic mass is 10.1. The first-order valence-electron chi connectivity index (χ1n) is 9.30. The SMILES string of the molecule is Cc1cccc(C(=O)O)c1N1CCN(CC2COc3ccccc3O2)CC1. The molecule has 6 nitrogen and oxygen atoms in total. The molecule has 1 saturated heterocycles. The molecule has 2 aromatic carbocycles. The van der Waals surface area contributed by atoms with Crippen LogP contribution < -0.4 is 14.4 Å². The smallest absolute Gasteiger partial charge is 0.337 e. The summed E-state index contributed by atoms with van der Waals surface area (Å²) in [6.45, 7) is 6.67. The molecule has 2 aromatic rings. The zero-order chi connectivity index (χ0) is 18.8. The van der Waals surface area contributed by atoms with Crippen molar-refractivity contribution >= 4 is 11.7 Å². The Kier molecular flexibility index (Phi) is 4.90. The molecule has 0 aliphatic carbocycles. The van der Waals surface area contributed by atoms with Crippen molar-refractivity contribution in [2.45, 2.75) is 13.0 Å². The van der Waals surface area contributed by atoms with Gasteiger partial charge in [0.1, 0.15) is 12.7 Å². The lowest BCUT2D eigenvalue weighted by Crippen LogP contribution is -2.51. The molecule has 0 aromatic heterocycles. The third-order valence-corrected chi connectivity index (χ3v) is 5.19. The van der Waals surface area contributed by atoms with Gasteiger partial charge in [-0.05, 0) is 30.7 Å². The second-order valence-electron chi connectivity index (χ2n) is 7.06. The van der Waals surface area contributed by atoms with Crippen LogP contribution in [0.1, 0.15) is 15.9 Å². The number of piperazine rings is 1. The van der Waals surface area contributed by atoms with E-state index in [0.717, 1.165) is 55.5 Å². The predicted octanol–water partition coefficient (Wildman–Crippen LogP) is 2.66. The highest BCUT2D eigenvalue weighted by Crippen LogP contribution is 2.31. The molecule has 2 heterocycles. The predicted molar refractivity (Wildman–Crippen MR) is 103 cm³/mol. The third-order valence-electron chi connectivity index (χ3n) is 5.19. The number of rotatable bonds is 4. The summed E-state index contributed by atoms with van der Waals surface area (Å²) in [7, 11) is 0. The molecular weight excluding hydrogens is 344 g/mol. The Morgan fingerprint density at radius 2 is 1.81 bits per heavy atom. The van der Waals surface area contributed by atoms with Crippen LogP contribution in [0.5, 0.6) is 11.5 Å². The Labute approximate surface area is 158 Å². The lowest BCUT2D eigenvalue weighted by Gasteiger charge is -2.39. The Morgan fingerprint density at radius 3 is 2.56 bits per heavy atom. The first-order valence-corrected chi connectivity index (χ1v) is 9.30. The lowest BCUT2D eigenvalue weighted by molar-refractivity contribution is 0.0571. The standard InChI is InChI=1S/C21H24N2O4/c1-15-5-4-6-17(21(24)25)20(15)23-11-9-22(10-12-23)13-16-14-26-18-7-2-3-8-19(18)27-16/h2-8,16H,9-14H2,1H3,(H,24,25). The number of carboxylic acid groups (broad SMARTS) is 1. The summed E-state index contributed by atoms with van der Waals surface area (Å²) < 4.78 is 11.9. The van der Waals surface area contributed by atoms with Gasteiger partial charge in [0.15, 0.2) is 11.5 Å². The topological polar surface area (TPSA) is 62.2 Å². The van der Waals surface area contributed by atoms with Crippen LogP contribution in [0, 0.1) is 6.92 Å². The van der Waals surface area contributed by atoms with Crippen LogP contribution in [-0.2, 0) is 0 Å². The van der Waals surface area contributed by atoms with Gasteiger partial charge in [-0.25, -0.2) is 4.79 Å². The fourth-order valence-corrected chi connectivity index (χ4v) is 3.85. The Hall–Kier alpha value is -2.73. The number of aryl methyl sites for hydroxylation is 1. The molecule has 2 aliphatic rings. The van der Waals surface area contributed by atoms with Crippen LogP contribution in [0.25, 0.3) is 0 Å². The second kappa shape index (κ2) is 7.48. The van der Waals surface area contributed by atoms with Gasteiger partial charge in [-0.2, -0.15) is 0 Å². The number of ether oxygens (including phenoxy) is 2. The van der Waals surface area contributed by atoms with Gasteiger partial charge in [0.05, 0.1) is 11.3 Å². The Bertz CT molecular complexity index is 831. The van der Waals surface area contributed by atoms with Gasteiger partial charge in [-0.15, -0.1) is 0 Å². The number of carbonyl (C=O) groups is 1. The quantitative estimate of drug-likeness (QED) is 0.895. The molecular formula is C21H24N2O4. The molecule has 142 valence electrons. The number of fused-ring (bicyclic) bond motifs is 1. The summed E-state index contributed by atoms with van der Waals surface area (Å²) >= 11 is 0. The highest BCUT2D eigenvalue weighted by Gasteiger charge is 2.27. The van der Waals surface area contributed by atoms with Gasteiger partial charge in [-0.1, -0.05) is 24.3 Å². The summed E-state index contributed by atoms with van der Waals surface area (Å²) in [5.41, 5.74) is 2.23. The molecule has 0 spiro atoms. The van der Waals surface area contributed by atoms with E-state index < -0.39 is 5.97 Å². The van der Waals surface area contributed by atoms with Gasteiger partial charge < -0.3 is 19.5 Å². The van der Waals surface area contributed by atoms with Crippen molar-refractivity contribution in [2.75, 3.05) is 44.2 Å². The summed E-state index contributed by atoms with van der Waals surface area (Å²) in [6.07, 6.45) is 0.0134. The van der Waals surface area contributed by atoms with Gasteiger partial charge in [0.25, 0.3) is 0 Å². The van der Waals surface area contributed by atoms with E-state index in [1.165, 1.54) is 0 Å². The van der Waals surface area contributed by atoms with Crippen LogP contribution in [0.4, 0.5) is 5.69 Å². The zero-order valence-electron chi connectivity index (χ0n) is 15.4. The van der Waals surface area contributed by atoms with Crippen molar-refractivity contribution in [3.05, 3.63) is 53.6 Å². The monoisotopic (exact) mass is 368 g/mol. The maximum Gasteiger partial charge on any atom is 0.337 e. The minimum Gasteiger partial charge on any atom is -0.486 e. The Morgan fingerprint density at radius 1 is 1.07 bits per heavy atom. The van der Waals surface area contributed by atoms with Crippen molar-refractivity contribution in [3.8, 4) is 11.5 Å². The zero-order valence-corrected chi connectivity index (χ0v) is 15.4. The van der Waals surface area contributed by atoms with Gasteiger partial charge in [0.2, 0.25) is 0 Å². The van der Waals surface area contributed by atoms with Crippen molar-refractivity contribution in [3.63, 3.8) is 0 Å². The minimum absolute atomic E-state index is 0.0134. The van der Waals surface area contributed by atoms with Crippen molar-refractivity contribution in [2.24, 2.45) is 0 Å². The number of nitrogens with zero attached hydrogens (tertiary/aromatic N) is 2. The van der Waals surface area contributed by atoms with Crippen LogP contribution >= 0.6 is 0 Å². The average molecular weight is 368 g/mol. The van der Waals surface area contributed by atoms with E-state index in [1.54, 1.807) is 12.1 Å². The highest BCUT2D eigenvalue weighted by molar-refractivity contribution is 5.95. The fraction of sp³-hybridized carbons (Fsp3) is 0.381. The molecule has 1 atom stereocenters. The highest BCUT2D eigenvalue weighted by atomic mass is 16.6. The normalized spacial score (nSPS) is 19.7. The number of aromatic carboxylic acids is 1. The second-order valence-corrected chi connectivity index (χ2v) is 7.06. The van der Waals surface area contributed by atoms with Crippen LogP contribution in [0.15, 0.2) is 42.5 Å². The molecule has 0 saturated carbocycles. The molecule has 27 heavy (non-hydrogen) atoms. The van der Waals surface area contributed by atoms with Crippen molar-refractivity contribution in [1.82, 2.24) is 4.90 Å². The molecule has 0 radical (unpaired) electrons. The number of benzene rings is 2. The molecule has 2 aliphatic heterocycles. The van der Waals surface area contributed by atoms with E-state index in [1.807, 2.05) is 37.3 Å². The average Bonchev–Trinajstić information content (AvgIpc) is 2.68. The summed E-state index contributed by atoms with van der Waals surface area (Å²) in [6, 6.07) is 13.2. The summed E-state index contributed by atoms with van der Waals surface area (Å²) in [4.78, 5) is 16.1. The molecule has 0 bridgehead atoms. The van der Waals surface area contributed by atoms with Gasteiger partial charge >= 0.3 is 5.97 Å². The molecule has 6 heteroatoms. The number of anilines is 1. The van der Waals surface area contributed by atoms with E-state index >= 15 is 0 Å². The summed E-state index contributed by atoms with van der Waals surface area (Å²) in [5.74, 6) is 0.736. The van der Waals surface area contributed by atoms with Crippen LogP contribution in [0.2, 0.25) is 0 Å². The molecule has 1 N–H and O–H groups in total. The molecule has 1 fully saturated rings. The van der Waals surface area contributed by atoms with Crippen LogP contribution in [0.3, 0.4) is 0 Å².